The monoisotopic (exact) mass is 251 g/mol. The van der Waals surface area contributed by atoms with Crippen LogP contribution in [0.5, 0.6) is 0 Å². The van der Waals surface area contributed by atoms with E-state index in [9.17, 15) is 0 Å². The maximum Gasteiger partial charge on any atom is 0.0487 e. The average Bonchev–Trinajstić information content (AvgIpc) is 2.89. The van der Waals surface area contributed by atoms with E-state index < -0.39 is 0 Å². The number of rotatable bonds is 4. The Morgan fingerprint density at radius 3 is 2.50 bits per heavy atom. The molecule has 0 spiro atoms. The standard InChI is InChI=1S/C15H29N3/c1-2-3-13-4-9-18(10-13)15(11-16)12-17-7-5-14(15)6-8-17/h13-14H,2-12,16H2,1H3. The van der Waals surface area contributed by atoms with Gasteiger partial charge >= 0.3 is 0 Å². The van der Waals surface area contributed by atoms with Gasteiger partial charge in [0.1, 0.15) is 0 Å². The molecule has 2 atom stereocenters. The summed E-state index contributed by atoms with van der Waals surface area (Å²) < 4.78 is 0. The van der Waals surface area contributed by atoms with Crippen LogP contribution in [0.3, 0.4) is 0 Å². The number of nitrogens with zero attached hydrogens (tertiary/aromatic N) is 2. The van der Waals surface area contributed by atoms with Crippen LogP contribution in [0.4, 0.5) is 0 Å². The van der Waals surface area contributed by atoms with Gasteiger partial charge in [0, 0.05) is 25.2 Å². The third kappa shape index (κ3) is 2.00. The van der Waals surface area contributed by atoms with Crippen molar-refractivity contribution in [1.82, 2.24) is 9.80 Å². The Bertz CT molecular complexity index is 285. The predicted molar refractivity (Wildman–Crippen MR) is 75.5 cm³/mol. The van der Waals surface area contributed by atoms with E-state index in [1.165, 1.54) is 64.8 Å². The Kier molecular flexibility index (Phi) is 3.65. The molecule has 4 saturated heterocycles. The van der Waals surface area contributed by atoms with Gasteiger partial charge in [-0.1, -0.05) is 13.3 Å². The van der Waals surface area contributed by atoms with Crippen molar-refractivity contribution in [3.63, 3.8) is 0 Å². The molecule has 4 rings (SSSR count). The second-order valence-corrected chi connectivity index (χ2v) is 6.75. The fourth-order valence-corrected chi connectivity index (χ4v) is 4.74. The molecular weight excluding hydrogens is 222 g/mol. The van der Waals surface area contributed by atoms with Gasteiger partial charge < -0.3 is 10.6 Å². The normalized spacial score (nSPS) is 44.7. The van der Waals surface area contributed by atoms with Gasteiger partial charge in [-0.15, -0.1) is 0 Å². The zero-order chi connectivity index (χ0) is 12.6. The number of hydrogen-bond acceptors (Lipinski definition) is 3. The van der Waals surface area contributed by atoms with Crippen LogP contribution >= 0.6 is 0 Å². The molecule has 2 N–H and O–H groups in total. The lowest BCUT2D eigenvalue weighted by Crippen LogP contribution is -2.69. The largest absolute Gasteiger partial charge is 0.329 e. The topological polar surface area (TPSA) is 32.5 Å². The Balaban J connectivity index is 1.72. The van der Waals surface area contributed by atoms with E-state index >= 15 is 0 Å². The molecule has 0 aliphatic carbocycles. The molecule has 2 unspecified atom stereocenters. The molecule has 18 heavy (non-hydrogen) atoms. The molecule has 3 heteroatoms. The van der Waals surface area contributed by atoms with Crippen molar-refractivity contribution in [3.05, 3.63) is 0 Å². The van der Waals surface area contributed by atoms with Gasteiger partial charge in [0.25, 0.3) is 0 Å². The van der Waals surface area contributed by atoms with E-state index in [1.54, 1.807) is 0 Å². The highest BCUT2D eigenvalue weighted by atomic mass is 15.3. The molecule has 4 heterocycles. The lowest BCUT2D eigenvalue weighted by atomic mass is 9.71. The van der Waals surface area contributed by atoms with E-state index in [-0.39, 0.29) is 0 Å². The highest BCUT2D eigenvalue weighted by Crippen LogP contribution is 2.41. The van der Waals surface area contributed by atoms with Crippen LogP contribution in [0.15, 0.2) is 0 Å². The summed E-state index contributed by atoms with van der Waals surface area (Å²) in [6, 6.07) is 0. The Labute approximate surface area is 112 Å². The number of hydrogen-bond donors (Lipinski definition) is 1. The fourth-order valence-electron chi connectivity index (χ4n) is 4.74. The number of fused-ring (bicyclic) bond motifs is 3. The van der Waals surface area contributed by atoms with Gasteiger partial charge in [-0.05, 0) is 57.2 Å². The van der Waals surface area contributed by atoms with E-state index in [1.807, 2.05) is 0 Å². The zero-order valence-electron chi connectivity index (χ0n) is 11.9. The first kappa shape index (κ1) is 12.9. The number of likely N-dealkylation sites (tertiary alicyclic amines) is 1. The minimum absolute atomic E-state index is 0.332. The van der Waals surface area contributed by atoms with Crippen molar-refractivity contribution in [3.8, 4) is 0 Å². The van der Waals surface area contributed by atoms with Gasteiger partial charge in [0.05, 0.1) is 0 Å². The minimum atomic E-state index is 0.332. The SMILES string of the molecule is CCCC1CCN(C2(CN)CN3CCC2CC3)C1. The van der Waals surface area contributed by atoms with Crippen molar-refractivity contribution in [2.75, 3.05) is 39.3 Å². The first-order valence-corrected chi connectivity index (χ1v) is 7.96. The Morgan fingerprint density at radius 2 is 1.94 bits per heavy atom. The molecule has 4 fully saturated rings. The highest BCUT2D eigenvalue weighted by molar-refractivity contribution is 5.07. The van der Waals surface area contributed by atoms with Crippen molar-refractivity contribution in [2.24, 2.45) is 17.6 Å². The van der Waals surface area contributed by atoms with Crippen LogP contribution in [0.25, 0.3) is 0 Å². The third-order valence-corrected chi connectivity index (χ3v) is 5.81. The Hall–Kier alpha value is -0.120. The lowest BCUT2D eigenvalue weighted by Gasteiger charge is -2.57. The molecule has 0 radical (unpaired) electrons. The van der Waals surface area contributed by atoms with Gasteiger partial charge in [-0.3, -0.25) is 4.90 Å². The second-order valence-electron chi connectivity index (χ2n) is 6.75. The molecule has 0 amide bonds. The quantitative estimate of drug-likeness (QED) is 0.822. The predicted octanol–water partition coefficient (Wildman–Crippen LogP) is 1.53. The van der Waals surface area contributed by atoms with Crippen LogP contribution in [0, 0.1) is 11.8 Å². The van der Waals surface area contributed by atoms with Crippen molar-refractivity contribution in [1.29, 1.82) is 0 Å². The molecule has 0 aromatic heterocycles. The van der Waals surface area contributed by atoms with Gasteiger partial charge in [0.2, 0.25) is 0 Å². The number of piperidine rings is 3. The Morgan fingerprint density at radius 1 is 1.17 bits per heavy atom. The molecule has 0 aromatic rings. The zero-order valence-corrected chi connectivity index (χ0v) is 11.9. The molecule has 3 nitrogen and oxygen atoms in total. The maximum atomic E-state index is 6.26. The summed E-state index contributed by atoms with van der Waals surface area (Å²) in [7, 11) is 0. The molecule has 0 aromatic carbocycles. The smallest absolute Gasteiger partial charge is 0.0487 e. The molecule has 104 valence electrons. The second kappa shape index (κ2) is 5.10. The molecule has 2 bridgehead atoms. The van der Waals surface area contributed by atoms with Crippen molar-refractivity contribution >= 4 is 0 Å². The summed E-state index contributed by atoms with van der Waals surface area (Å²) in [6.07, 6.45) is 6.91. The third-order valence-electron chi connectivity index (χ3n) is 5.81. The first-order valence-electron chi connectivity index (χ1n) is 7.96. The maximum absolute atomic E-state index is 6.26. The van der Waals surface area contributed by atoms with Gasteiger partial charge in [0.15, 0.2) is 0 Å². The molecular formula is C15H29N3. The summed E-state index contributed by atoms with van der Waals surface area (Å²) in [5.41, 5.74) is 6.59. The summed E-state index contributed by atoms with van der Waals surface area (Å²) in [5.74, 6) is 1.81. The minimum Gasteiger partial charge on any atom is -0.329 e. The van der Waals surface area contributed by atoms with Crippen LogP contribution in [-0.4, -0.2) is 54.6 Å². The molecule has 4 aliphatic heterocycles. The van der Waals surface area contributed by atoms with Crippen molar-refractivity contribution < 1.29 is 0 Å². The van der Waals surface area contributed by atoms with Crippen molar-refractivity contribution in [2.45, 2.75) is 44.6 Å². The molecule has 4 aliphatic rings. The summed E-state index contributed by atoms with van der Waals surface area (Å²) in [4.78, 5) is 5.43. The lowest BCUT2D eigenvalue weighted by molar-refractivity contribution is -0.0589. The fraction of sp³-hybridized carbons (Fsp3) is 1.00. The first-order chi connectivity index (χ1) is 8.78. The van der Waals surface area contributed by atoms with E-state index in [4.69, 9.17) is 5.73 Å². The molecule has 0 saturated carbocycles. The number of nitrogens with two attached hydrogens (primary N) is 1. The highest BCUT2D eigenvalue weighted by Gasteiger charge is 2.50. The van der Waals surface area contributed by atoms with Crippen LogP contribution in [0.1, 0.15) is 39.0 Å². The summed E-state index contributed by atoms with van der Waals surface area (Å²) in [6.45, 7) is 9.68. The van der Waals surface area contributed by atoms with Crippen LogP contribution in [-0.2, 0) is 0 Å². The van der Waals surface area contributed by atoms with Gasteiger partial charge in [-0.25, -0.2) is 0 Å². The van der Waals surface area contributed by atoms with Crippen LogP contribution < -0.4 is 5.73 Å². The van der Waals surface area contributed by atoms with E-state index in [0.717, 1.165) is 18.4 Å². The van der Waals surface area contributed by atoms with E-state index in [0.29, 0.717) is 5.54 Å². The summed E-state index contributed by atoms with van der Waals surface area (Å²) >= 11 is 0. The van der Waals surface area contributed by atoms with Crippen LogP contribution in [0.2, 0.25) is 0 Å². The average molecular weight is 251 g/mol. The summed E-state index contributed by atoms with van der Waals surface area (Å²) in [5, 5.41) is 0. The van der Waals surface area contributed by atoms with E-state index in [2.05, 4.69) is 16.7 Å². The van der Waals surface area contributed by atoms with Gasteiger partial charge in [-0.2, -0.15) is 0 Å².